The van der Waals surface area contributed by atoms with E-state index in [0.717, 1.165) is 29.6 Å². The van der Waals surface area contributed by atoms with E-state index in [-0.39, 0.29) is 0 Å². The normalized spacial score (nSPS) is 16.5. The van der Waals surface area contributed by atoms with Crippen LogP contribution in [0.3, 0.4) is 0 Å². The summed E-state index contributed by atoms with van der Waals surface area (Å²) in [5.41, 5.74) is 7.73. The summed E-state index contributed by atoms with van der Waals surface area (Å²) in [6, 6.07) is 5.75. The van der Waals surface area contributed by atoms with Crippen LogP contribution in [-0.4, -0.2) is 13.7 Å². The van der Waals surface area contributed by atoms with Crippen LogP contribution in [0, 0.1) is 5.92 Å². The highest BCUT2D eigenvalue weighted by Gasteiger charge is 2.12. The standard InChI is InChI=1S/C15H24N2O/c1-18-13-7-8-14(16)15(11-13)17-10-9-12-5-3-2-4-6-12/h7-8,11-12,17H,2-6,9-10,16H2,1H3. The molecule has 1 fully saturated rings. The number of rotatable bonds is 5. The Morgan fingerprint density at radius 1 is 1.28 bits per heavy atom. The summed E-state index contributed by atoms with van der Waals surface area (Å²) in [5, 5.41) is 3.43. The van der Waals surface area contributed by atoms with Crippen LogP contribution in [0.4, 0.5) is 11.4 Å². The second-order valence-electron chi connectivity index (χ2n) is 5.17. The first-order chi connectivity index (χ1) is 8.79. The van der Waals surface area contributed by atoms with E-state index in [0.29, 0.717) is 0 Å². The fraction of sp³-hybridized carbons (Fsp3) is 0.600. The smallest absolute Gasteiger partial charge is 0.121 e. The number of hydrogen-bond donors (Lipinski definition) is 2. The van der Waals surface area contributed by atoms with Crippen LogP contribution in [0.15, 0.2) is 18.2 Å². The second-order valence-corrected chi connectivity index (χ2v) is 5.17. The Hall–Kier alpha value is -1.38. The fourth-order valence-corrected chi connectivity index (χ4v) is 2.70. The van der Waals surface area contributed by atoms with E-state index in [1.165, 1.54) is 38.5 Å². The zero-order chi connectivity index (χ0) is 12.8. The molecule has 3 N–H and O–H groups in total. The number of anilines is 2. The molecule has 100 valence electrons. The van der Waals surface area contributed by atoms with Crippen LogP contribution in [-0.2, 0) is 0 Å². The zero-order valence-corrected chi connectivity index (χ0v) is 11.2. The van der Waals surface area contributed by atoms with Crippen molar-refractivity contribution in [2.24, 2.45) is 5.92 Å². The minimum absolute atomic E-state index is 0.791. The predicted molar refractivity (Wildman–Crippen MR) is 77.1 cm³/mol. The Kier molecular flexibility index (Phi) is 4.73. The molecule has 0 unspecified atom stereocenters. The lowest BCUT2D eigenvalue weighted by Crippen LogP contribution is -2.12. The largest absolute Gasteiger partial charge is 0.497 e. The molecule has 0 aromatic heterocycles. The number of nitrogens with two attached hydrogens (primary N) is 1. The number of nitrogens with one attached hydrogen (secondary N) is 1. The summed E-state index contributed by atoms with van der Waals surface area (Å²) in [4.78, 5) is 0. The molecule has 2 rings (SSSR count). The molecule has 0 atom stereocenters. The highest BCUT2D eigenvalue weighted by atomic mass is 16.5. The molecule has 0 spiro atoms. The lowest BCUT2D eigenvalue weighted by atomic mass is 9.87. The van der Waals surface area contributed by atoms with Crippen LogP contribution in [0.25, 0.3) is 0 Å². The van der Waals surface area contributed by atoms with Crippen molar-refractivity contribution in [3.05, 3.63) is 18.2 Å². The van der Waals surface area contributed by atoms with Gasteiger partial charge in [-0.25, -0.2) is 0 Å². The fourth-order valence-electron chi connectivity index (χ4n) is 2.70. The van der Waals surface area contributed by atoms with Crippen LogP contribution >= 0.6 is 0 Å². The third kappa shape index (κ3) is 3.56. The van der Waals surface area contributed by atoms with Gasteiger partial charge in [-0.1, -0.05) is 32.1 Å². The minimum atomic E-state index is 0.791. The molecule has 1 aromatic rings. The van der Waals surface area contributed by atoms with E-state index in [1.807, 2.05) is 18.2 Å². The molecule has 0 radical (unpaired) electrons. The highest BCUT2D eigenvalue weighted by molar-refractivity contribution is 5.68. The quantitative estimate of drug-likeness (QED) is 0.782. The molecule has 3 heteroatoms. The van der Waals surface area contributed by atoms with Crippen molar-refractivity contribution in [2.45, 2.75) is 38.5 Å². The van der Waals surface area contributed by atoms with Gasteiger partial charge >= 0.3 is 0 Å². The van der Waals surface area contributed by atoms with Crippen LogP contribution in [0.5, 0.6) is 5.75 Å². The van der Waals surface area contributed by atoms with Crippen molar-refractivity contribution in [1.82, 2.24) is 0 Å². The predicted octanol–water partition coefficient (Wildman–Crippen LogP) is 3.66. The molecule has 3 nitrogen and oxygen atoms in total. The topological polar surface area (TPSA) is 47.3 Å². The maximum Gasteiger partial charge on any atom is 0.121 e. The summed E-state index contributed by atoms with van der Waals surface area (Å²) < 4.78 is 5.21. The third-order valence-electron chi connectivity index (χ3n) is 3.85. The maximum atomic E-state index is 5.95. The van der Waals surface area contributed by atoms with Gasteiger partial charge in [0.1, 0.15) is 5.75 Å². The summed E-state index contributed by atoms with van der Waals surface area (Å²) in [6.07, 6.45) is 8.28. The summed E-state index contributed by atoms with van der Waals surface area (Å²) >= 11 is 0. The van der Waals surface area contributed by atoms with Gasteiger partial charge in [0.25, 0.3) is 0 Å². The number of nitrogen functional groups attached to an aromatic ring is 1. The number of ether oxygens (including phenoxy) is 1. The summed E-state index contributed by atoms with van der Waals surface area (Å²) in [7, 11) is 1.68. The van der Waals surface area contributed by atoms with Crippen molar-refractivity contribution < 1.29 is 4.74 Å². The van der Waals surface area contributed by atoms with Gasteiger partial charge in [0.2, 0.25) is 0 Å². The van der Waals surface area contributed by atoms with Crippen LogP contribution < -0.4 is 15.8 Å². The van der Waals surface area contributed by atoms with E-state index < -0.39 is 0 Å². The number of hydrogen-bond acceptors (Lipinski definition) is 3. The molecule has 0 aliphatic heterocycles. The Balaban J connectivity index is 1.81. The van der Waals surface area contributed by atoms with Crippen LogP contribution in [0.2, 0.25) is 0 Å². The molecule has 1 saturated carbocycles. The van der Waals surface area contributed by atoms with E-state index in [1.54, 1.807) is 7.11 Å². The first-order valence-corrected chi connectivity index (χ1v) is 6.97. The van der Waals surface area contributed by atoms with Gasteiger partial charge in [0, 0.05) is 12.6 Å². The first-order valence-electron chi connectivity index (χ1n) is 6.97. The Morgan fingerprint density at radius 3 is 2.78 bits per heavy atom. The highest BCUT2D eigenvalue weighted by Crippen LogP contribution is 2.27. The molecule has 0 bridgehead atoms. The zero-order valence-electron chi connectivity index (χ0n) is 11.2. The monoisotopic (exact) mass is 248 g/mol. The summed E-state index contributed by atoms with van der Waals surface area (Å²) in [6.45, 7) is 1.00. The third-order valence-corrected chi connectivity index (χ3v) is 3.85. The van der Waals surface area contributed by atoms with Crippen molar-refractivity contribution in [1.29, 1.82) is 0 Å². The molecule has 1 aliphatic carbocycles. The van der Waals surface area contributed by atoms with Crippen LogP contribution in [0.1, 0.15) is 38.5 Å². The molecular weight excluding hydrogens is 224 g/mol. The second kappa shape index (κ2) is 6.53. The molecular formula is C15H24N2O. The summed E-state index contributed by atoms with van der Waals surface area (Å²) in [5.74, 6) is 1.75. The van der Waals surface area contributed by atoms with Gasteiger partial charge in [-0.15, -0.1) is 0 Å². The van der Waals surface area contributed by atoms with Gasteiger partial charge in [0.05, 0.1) is 18.5 Å². The van der Waals surface area contributed by atoms with Crippen molar-refractivity contribution >= 4 is 11.4 Å². The lowest BCUT2D eigenvalue weighted by molar-refractivity contribution is 0.345. The average molecular weight is 248 g/mol. The molecule has 0 amide bonds. The van der Waals surface area contributed by atoms with E-state index in [9.17, 15) is 0 Å². The van der Waals surface area contributed by atoms with Crippen molar-refractivity contribution in [3.63, 3.8) is 0 Å². The Bertz CT molecular complexity index is 373. The van der Waals surface area contributed by atoms with Gasteiger partial charge < -0.3 is 15.8 Å². The lowest BCUT2D eigenvalue weighted by Gasteiger charge is -2.22. The minimum Gasteiger partial charge on any atom is -0.497 e. The average Bonchev–Trinajstić information content (AvgIpc) is 2.42. The molecule has 0 heterocycles. The number of methoxy groups -OCH3 is 1. The molecule has 0 saturated heterocycles. The van der Waals surface area contributed by atoms with E-state index in [4.69, 9.17) is 10.5 Å². The van der Waals surface area contributed by atoms with Gasteiger partial charge in [-0.05, 0) is 24.5 Å². The SMILES string of the molecule is COc1ccc(N)c(NCCC2CCCCC2)c1. The first kappa shape index (κ1) is 13.1. The molecule has 1 aliphatic rings. The molecule has 18 heavy (non-hydrogen) atoms. The van der Waals surface area contributed by atoms with Gasteiger partial charge in [-0.2, -0.15) is 0 Å². The molecule has 1 aromatic carbocycles. The number of benzene rings is 1. The van der Waals surface area contributed by atoms with E-state index >= 15 is 0 Å². The van der Waals surface area contributed by atoms with Gasteiger partial charge in [0.15, 0.2) is 0 Å². The van der Waals surface area contributed by atoms with Gasteiger partial charge in [-0.3, -0.25) is 0 Å². The maximum absolute atomic E-state index is 5.95. The van der Waals surface area contributed by atoms with Crippen molar-refractivity contribution in [2.75, 3.05) is 24.7 Å². The Morgan fingerprint density at radius 2 is 2.06 bits per heavy atom. The van der Waals surface area contributed by atoms with Crippen molar-refractivity contribution in [3.8, 4) is 5.75 Å². The Labute approximate surface area is 110 Å². The van der Waals surface area contributed by atoms with E-state index in [2.05, 4.69) is 5.32 Å².